The largest absolute Gasteiger partial charge is 0.461 e. The second-order valence-electron chi connectivity index (χ2n) is 6.48. The lowest BCUT2D eigenvalue weighted by atomic mass is 9.91. The van der Waals surface area contributed by atoms with E-state index in [2.05, 4.69) is 34.3 Å². The van der Waals surface area contributed by atoms with Crippen molar-refractivity contribution in [2.24, 2.45) is 0 Å². The highest BCUT2D eigenvalue weighted by Gasteiger charge is 2.25. The van der Waals surface area contributed by atoms with Gasteiger partial charge in [-0.3, -0.25) is 4.79 Å². The van der Waals surface area contributed by atoms with Crippen LogP contribution in [0.15, 0.2) is 35.1 Å². The van der Waals surface area contributed by atoms with Gasteiger partial charge in [-0.25, -0.2) is 4.98 Å². The van der Waals surface area contributed by atoms with Crippen molar-refractivity contribution in [3.63, 3.8) is 0 Å². The van der Waals surface area contributed by atoms with Crippen molar-refractivity contribution in [2.45, 2.75) is 25.3 Å². The van der Waals surface area contributed by atoms with Gasteiger partial charge < -0.3 is 19.6 Å². The number of carbonyl (C=O) groups excluding carboxylic acids is 1. The topological polar surface area (TPSA) is 74.2 Å². The van der Waals surface area contributed by atoms with E-state index >= 15 is 0 Å². The highest BCUT2D eigenvalue weighted by molar-refractivity contribution is 6.03. The maximum Gasteiger partial charge on any atom is 0.275 e. The van der Waals surface area contributed by atoms with E-state index in [4.69, 9.17) is 4.42 Å². The molecule has 0 saturated heterocycles. The molecule has 0 fully saturated rings. The zero-order chi connectivity index (χ0) is 16.7. The molecule has 6 nitrogen and oxygen atoms in total. The summed E-state index contributed by atoms with van der Waals surface area (Å²) in [4.78, 5) is 21.2. The molecule has 2 heterocycles. The lowest BCUT2D eigenvalue weighted by Gasteiger charge is -2.27. The zero-order valence-electron chi connectivity index (χ0n) is 13.8. The predicted molar refractivity (Wildman–Crippen MR) is 92.3 cm³/mol. The van der Waals surface area contributed by atoms with Crippen molar-refractivity contribution in [2.75, 3.05) is 19.4 Å². The molecular weight excluding hydrogens is 304 g/mol. The third kappa shape index (κ3) is 2.59. The van der Waals surface area contributed by atoms with Gasteiger partial charge in [-0.1, -0.05) is 0 Å². The van der Waals surface area contributed by atoms with E-state index in [1.165, 1.54) is 11.9 Å². The van der Waals surface area contributed by atoms with Gasteiger partial charge in [-0.15, -0.1) is 0 Å². The number of amides is 1. The molecule has 1 atom stereocenters. The minimum absolute atomic E-state index is 0.223. The molecule has 0 radical (unpaired) electrons. The maximum absolute atomic E-state index is 12.2. The van der Waals surface area contributed by atoms with Crippen LogP contribution in [0.25, 0.3) is 11.0 Å². The molecule has 0 saturated carbocycles. The lowest BCUT2D eigenvalue weighted by molar-refractivity contribution is 0.102. The Morgan fingerprint density at radius 1 is 1.42 bits per heavy atom. The van der Waals surface area contributed by atoms with Gasteiger partial charge in [0, 0.05) is 35.3 Å². The van der Waals surface area contributed by atoms with Crippen LogP contribution in [0.4, 0.5) is 5.69 Å². The molecule has 2 aromatic heterocycles. The third-order valence-corrected chi connectivity index (χ3v) is 4.74. The SMILES string of the molecule is CN(C)C1CCc2oc3ccc(NC(=O)c4c[nH]cn4)cc3c2C1. The number of anilines is 1. The number of benzene rings is 1. The molecule has 4 rings (SSSR count). The number of furan rings is 1. The Labute approximate surface area is 139 Å². The molecule has 1 aliphatic rings. The number of imidazole rings is 1. The number of likely N-dealkylation sites (N-methyl/N-ethyl adjacent to an activating group) is 1. The minimum atomic E-state index is -0.223. The Morgan fingerprint density at radius 2 is 2.29 bits per heavy atom. The number of carbonyl (C=O) groups is 1. The van der Waals surface area contributed by atoms with Crippen LogP contribution in [0.3, 0.4) is 0 Å². The Kier molecular flexibility index (Phi) is 3.61. The number of nitrogens with one attached hydrogen (secondary N) is 2. The highest BCUT2D eigenvalue weighted by atomic mass is 16.3. The van der Waals surface area contributed by atoms with Gasteiger partial charge in [0.1, 0.15) is 17.0 Å². The number of aromatic nitrogens is 2. The molecule has 1 unspecified atom stereocenters. The van der Waals surface area contributed by atoms with E-state index in [9.17, 15) is 4.79 Å². The number of rotatable bonds is 3. The van der Waals surface area contributed by atoms with Crippen LogP contribution in [0, 0.1) is 0 Å². The van der Waals surface area contributed by atoms with Crippen LogP contribution >= 0.6 is 0 Å². The van der Waals surface area contributed by atoms with Crippen LogP contribution < -0.4 is 5.32 Å². The van der Waals surface area contributed by atoms with Gasteiger partial charge in [-0.2, -0.15) is 0 Å². The van der Waals surface area contributed by atoms with Crippen molar-refractivity contribution in [1.29, 1.82) is 0 Å². The smallest absolute Gasteiger partial charge is 0.275 e. The molecule has 1 aromatic carbocycles. The molecule has 3 aromatic rings. The first-order valence-corrected chi connectivity index (χ1v) is 8.12. The first-order chi connectivity index (χ1) is 11.6. The molecule has 6 heteroatoms. The second kappa shape index (κ2) is 5.79. The molecule has 124 valence electrons. The molecule has 0 aliphatic heterocycles. The average Bonchev–Trinajstić information content (AvgIpc) is 3.21. The first-order valence-electron chi connectivity index (χ1n) is 8.12. The van der Waals surface area contributed by atoms with E-state index < -0.39 is 0 Å². The fraction of sp³-hybridized carbons (Fsp3) is 0.333. The number of H-pyrrole nitrogens is 1. The van der Waals surface area contributed by atoms with Crippen molar-refractivity contribution < 1.29 is 9.21 Å². The van der Waals surface area contributed by atoms with E-state index in [-0.39, 0.29) is 5.91 Å². The standard InChI is InChI=1S/C18H20N4O2/c1-22(2)12-4-6-17-14(8-12)13-7-11(3-5-16(13)24-17)21-18(23)15-9-19-10-20-15/h3,5,7,9-10,12H,4,6,8H2,1-2H3,(H,19,20)(H,21,23). The van der Waals surface area contributed by atoms with Crippen LogP contribution in [0.5, 0.6) is 0 Å². The normalized spacial score (nSPS) is 17.2. The summed E-state index contributed by atoms with van der Waals surface area (Å²) in [6.07, 6.45) is 6.12. The van der Waals surface area contributed by atoms with Crippen molar-refractivity contribution in [1.82, 2.24) is 14.9 Å². The van der Waals surface area contributed by atoms with Gasteiger partial charge in [0.25, 0.3) is 5.91 Å². The van der Waals surface area contributed by atoms with Crippen LogP contribution in [0.2, 0.25) is 0 Å². The predicted octanol–water partition coefficient (Wildman–Crippen LogP) is 2.83. The molecular formula is C18H20N4O2. The Bertz CT molecular complexity index is 880. The summed E-state index contributed by atoms with van der Waals surface area (Å²) in [6, 6.07) is 6.32. The number of hydrogen-bond donors (Lipinski definition) is 2. The Balaban J connectivity index is 1.65. The maximum atomic E-state index is 12.2. The van der Waals surface area contributed by atoms with E-state index in [1.807, 2.05) is 18.2 Å². The van der Waals surface area contributed by atoms with Gasteiger partial charge in [0.2, 0.25) is 0 Å². The summed E-state index contributed by atoms with van der Waals surface area (Å²) in [7, 11) is 4.24. The minimum Gasteiger partial charge on any atom is -0.461 e. The molecule has 24 heavy (non-hydrogen) atoms. The second-order valence-corrected chi connectivity index (χ2v) is 6.48. The van der Waals surface area contributed by atoms with E-state index in [0.717, 1.165) is 41.7 Å². The van der Waals surface area contributed by atoms with Gasteiger partial charge in [0.05, 0.1) is 6.33 Å². The summed E-state index contributed by atoms with van der Waals surface area (Å²) in [5.74, 6) is 0.859. The number of nitrogens with zero attached hydrogens (tertiary/aromatic N) is 2. The number of aryl methyl sites for hydroxylation is 1. The summed E-state index contributed by atoms with van der Waals surface area (Å²) in [5.41, 5.74) is 3.28. The molecule has 1 aliphatic carbocycles. The Hall–Kier alpha value is -2.60. The summed E-state index contributed by atoms with van der Waals surface area (Å²) in [5, 5.41) is 3.99. The molecule has 0 spiro atoms. The van der Waals surface area contributed by atoms with Crippen LogP contribution in [-0.4, -0.2) is 40.9 Å². The summed E-state index contributed by atoms with van der Waals surface area (Å²) >= 11 is 0. The van der Waals surface area contributed by atoms with Crippen molar-refractivity contribution >= 4 is 22.6 Å². The fourth-order valence-electron chi connectivity index (χ4n) is 3.36. The quantitative estimate of drug-likeness (QED) is 0.777. The summed E-state index contributed by atoms with van der Waals surface area (Å²) in [6.45, 7) is 0. The molecule has 1 amide bonds. The zero-order valence-corrected chi connectivity index (χ0v) is 13.8. The van der Waals surface area contributed by atoms with E-state index in [1.54, 1.807) is 6.20 Å². The molecule has 2 N–H and O–H groups in total. The van der Waals surface area contributed by atoms with Crippen molar-refractivity contribution in [3.8, 4) is 0 Å². The van der Waals surface area contributed by atoms with Gasteiger partial charge >= 0.3 is 0 Å². The number of fused-ring (bicyclic) bond motifs is 3. The highest BCUT2D eigenvalue weighted by Crippen LogP contribution is 2.34. The van der Waals surface area contributed by atoms with Gasteiger partial charge in [0.15, 0.2) is 0 Å². The molecule has 0 bridgehead atoms. The number of hydrogen-bond acceptors (Lipinski definition) is 4. The fourth-order valence-corrected chi connectivity index (χ4v) is 3.36. The average molecular weight is 324 g/mol. The lowest BCUT2D eigenvalue weighted by Crippen LogP contribution is -2.33. The summed E-state index contributed by atoms with van der Waals surface area (Å²) < 4.78 is 6.00. The van der Waals surface area contributed by atoms with E-state index in [0.29, 0.717) is 11.7 Å². The van der Waals surface area contributed by atoms with Gasteiger partial charge in [-0.05, 0) is 45.1 Å². The monoisotopic (exact) mass is 324 g/mol. The first kappa shape index (κ1) is 15.0. The third-order valence-electron chi connectivity index (χ3n) is 4.74. The Morgan fingerprint density at radius 3 is 3.04 bits per heavy atom. The van der Waals surface area contributed by atoms with Crippen LogP contribution in [0.1, 0.15) is 28.2 Å². The van der Waals surface area contributed by atoms with Crippen LogP contribution in [-0.2, 0) is 12.8 Å². The number of aromatic amines is 1. The van der Waals surface area contributed by atoms with Crippen molar-refractivity contribution in [3.05, 3.63) is 47.7 Å².